The zero-order valence-corrected chi connectivity index (χ0v) is 9.92. The van der Waals surface area contributed by atoms with Gasteiger partial charge >= 0.3 is 6.01 Å². The van der Waals surface area contributed by atoms with Gasteiger partial charge in [0.05, 0.1) is 0 Å². The van der Waals surface area contributed by atoms with Gasteiger partial charge in [0, 0.05) is 5.56 Å². The number of ether oxygens (including phenoxy) is 1. The molecule has 0 unspecified atom stereocenters. The van der Waals surface area contributed by atoms with Gasteiger partial charge in [0.15, 0.2) is 6.61 Å². The fourth-order valence-electron chi connectivity index (χ4n) is 1.18. The first-order valence-corrected chi connectivity index (χ1v) is 5.69. The first-order chi connectivity index (χ1) is 8.29. The summed E-state index contributed by atoms with van der Waals surface area (Å²) < 4.78 is 22.2. The smallest absolute Gasteiger partial charge is 0.329 e. The van der Waals surface area contributed by atoms with Crippen molar-refractivity contribution in [2.24, 2.45) is 0 Å². The number of hydrogen-bond donors (Lipinski definition) is 0. The number of hydrogen-bond acceptors (Lipinski definition) is 4. The van der Waals surface area contributed by atoms with Crippen LogP contribution >= 0.6 is 11.5 Å². The predicted molar refractivity (Wildman–Crippen MR) is 64.2 cm³/mol. The van der Waals surface area contributed by atoms with Gasteiger partial charge in [-0.1, -0.05) is 18.1 Å². The maximum Gasteiger partial charge on any atom is 0.329 e. The van der Waals surface area contributed by atoms with E-state index in [1.165, 1.54) is 23.7 Å². The molecule has 0 aliphatic heterocycles. The summed E-state index contributed by atoms with van der Waals surface area (Å²) in [5.41, 5.74) is 0.693. The van der Waals surface area contributed by atoms with Crippen molar-refractivity contribution in [3.8, 4) is 28.4 Å². The van der Waals surface area contributed by atoms with E-state index in [1.54, 1.807) is 19.1 Å². The van der Waals surface area contributed by atoms with Crippen LogP contribution in [0.2, 0.25) is 0 Å². The second-order valence-electron chi connectivity index (χ2n) is 3.11. The molecule has 0 amide bonds. The van der Waals surface area contributed by atoms with Crippen LogP contribution in [0.5, 0.6) is 6.01 Å². The molecule has 2 aromatic rings. The minimum Gasteiger partial charge on any atom is -0.450 e. The summed E-state index contributed by atoms with van der Waals surface area (Å²) >= 11 is 1.17. The summed E-state index contributed by atoms with van der Waals surface area (Å²) in [4.78, 5) is 4.14. The molecule has 2 rings (SSSR count). The topological polar surface area (TPSA) is 35.0 Å². The first kappa shape index (κ1) is 11.6. The van der Waals surface area contributed by atoms with Crippen molar-refractivity contribution in [1.82, 2.24) is 9.36 Å². The van der Waals surface area contributed by atoms with E-state index < -0.39 is 0 Å². The number of rotatable bonds is 3. The van der Waals surface area contributed by atoms with E-state index in [4.69, 9.17) is 4.74 Å². The molecule has 1 aromatic carbocycles. The standard InChI is InChI=1S/C12H9FN2OS/c1-2-3-7-16-12-14-11(17-15-12)9-5-4-6-10(13)8-9/h4-6,8H,7H2,1H3. The van der Waals surface area contributed by atoms with Crippen molar-refractivity contribution < 1.29 is 9.13 Å². The van der Waals surface area contributed by atoms with Crippen molar-refractivity contribution >= 4 is 11.5 Å². The van der Waals surface area contributed by atoms with Gasteiger partial charge in [0.2, 0.25) is 0 Å². The van der Waals surface area contributed by atoms with E-state index in [0.29, 0.717) is 10.6 Å². The molecular formula is C12H9FN2OS. The van der Waals surface area contributed by atoms with E-state index in [9.17, 15) is 4.39 Å². The Hall–Kier alpha value is -1.93. The zero-order valence-electron chi connectivity index (χ0n) is 9.11. The van der Waals surface area contributed by atoms with Gasteiger partial charge in [0.1, 0.15) is 10.8 Å². The van der Waals surface area contributed by atoms with Gasteiger partial charge in [0.25, 0.3) is 0 Å². The Kier molecular flexibility index (Phi) is 3.68. The van der Waals surface area contributed by atoms with E-state index in [0.717, 1.165) is 0 Å². The van der Waals surface area contributed by atoms with Crippen LogP contribution in [0.15, 0.2) is 24.3 Å². The molecule has 5 heteroatoms. The maximum atomic E-state index is 13.0. The fraction of sp³-hybridized carbons (Fsp3) is 0.167. The number of benzene rings is 1. The van der Waals surface area contributed by atoms with Crippen LogP contribution in [0.3, 0.4) is 0 Å². The van der Waals surface area contributed by atoms with Crippen LogP contribution < -0.4 is 4.74 Å². The van der Waals surface area contributed by atoms with Crippen LogP contribution in [0, 0.1) is 17.7 Å². The Balaban J connectivity index is 2.14. The van der Waals surface area contributed by atoms with Gasteiger partial charge in [-0.2, -0.15) is 4.98 Å². The van der Waals surface area contributed by atoms with Gasteiger partial charge in [-0.3, -0.25) is 0 Å². The fourth-order valence-corrected chi connectivity index (χ4v) is 1.79. The van der Waals surface area contributed by atoms with Crippen LogP contribution in [0.25, 0.3) is 10.6 Å². The Labute approximate surface area is 102 Å². The highest BCUT2D eigenvalue weighted by Crippen LogP contribution is 2.24. The molecule has 0 aliphatic rings. The van der Waals surface area contributed by atoms with Crippen molar-refractivity contribution in [3.05, 3.63) is 30.1 Å². The SMILES string of the molecule is CC#CCOc1nsc(-c2cccc(F)c2)n1. The summed E-state index contributed by atoms with van der Waals surface area (Å²) in [5, 5.41) is 0.629. The highest BCUT2D eigenvalue weighted by molar-refractivity contribution is 7.09. The molecule has 0 N–H and O–H groups in total. The second kappa shape index (κ2) is 5.41. The minimum atomic E-state index is -0.294. The van der Waals surface area contributed by atoms with Crippen molar-refractivity contribution in [1.29, 1.82) is 0 Å². The molecule has 0 aliphatic carbocycles. The Morgan fingerprint density at radius 1 is 1.47 bits per heavy atom. The highest BCUT2D eigenvalue weighted by atomic mass is 32.1. The lowest BCUT2D eigenvalue weighted by atomic mass is 10.2. The summed E-state index contributed by atoms with van der Waals surface area (Å²) in [6.45, 7) is 1.99. The van der Waals surface area contributed by atoms with Gasteiger partial charge in [-0.25, -0.2) is 4.39 Å². The zero-order chi connectivity index (χ0) is 12.1. The third-order valence-electron chi connectivity index (χ3n) is 1.93. The lowest BCUT2D eigenvalue weighted by Crippen LogP contribution is -1.95. The van der Waals surface area contributed by atoms with Crippen molar-refractivity contribution in [2.45, 2.75) is 6.92 Å². The molecule has 0 fully saturated rings. The molecule has 3 nitrogen and oxygen atoms in total. The molecule has 1 aromatic heterocycles. The van der Waals surface area contributed by atoms with Crippen LogP contribution in [-0.4, -0.2) is 16.0 Å². The monoisotopic (exact) mass is 248 g/mol. The molecule has 0 saturated heterocycles. The molecule has 0 saturated carbocycles. The molecule has 0 spiro atoms. The van der Waals surface area contributed by atoms with Crippen molar-refractivity contribution in [3.63, 3.8) is 0 Å². The van der Waals surface area contributed by atoms with E-state index in [-0.39, 0.29) is 18.4 Å². The molecule has 0 atom stereocenters. The Morgan fingerprint density at radius 2 is 2.35 bits per heavy atom. The maximum absolute atomic E-state index is 13.0. The predicted octanol–water partition coefficient (Wildman–Crippen LogP) is 2.75. The molecule has 86 valence electrons. The lowest BCUT2D eigenvalue weighted by molar-refractivity contribution is 0.345. The second-order valence-corrected chi connectivity index (χ2v) is 3.86. The van der Waals surface area contributed by atoms with Gasteiger partial charge < -0.3 is 4.74 Å². The quantitative estimate of drug-likeness (QED) is 0.783. The molecule has 17 heavy (non-hydrogen) atoms. The molecule has 0 bridgehead atoms. The average Bonchev–Trinajstić information content (AvgIpc) is 2.78. The average molecular weight is 248 g/mol. The van der Waals surface area contributed by atoms with Crippen molar-refractivity contribution in [2.75, 3.05) is 6.61 Å². The van der Waals surface area contributed by atoms with Crippen LogP contribution in [0.1, 0.15) is 6.92 Å². The van der Waals surface area contributed by atoms with Gasteiger partial charge in [-0.15, -0.1) is 10.3 Å². The number of nitrogens with zero attached hydrogens (tertiary/aromatic N) is 2. The molecular weight excluding hydrogens is 239 g/mol. The Bertz CT molecular complexity index is 571. The number of aromatic nitrogens is 2. The van der Waals surface area contributed by atoms with Gasteiger partial charge in [-0.05, 0) is 30.6 Å². The third-order valence-corrected chi connectivity index (χ3v) is 2.68. The first-order valence-electron chi connectivity index (χ1n) is 4.91. The van der Waals surface area contributed by atoms with Crippen LogP contribution in [0.4, 0.5) is 4.39 Å². The largest absolute Gasteiger partial charge is 0.450 e. The summed E-state index contributed by atoms with van der Waals surface area (Å²) in [5.74, 6) is 5.16. The van der Waals surface area contributed by atoms with E-state index in [2.05, 4.69) is 21.2 Å². The lowest BCUT2D eigenvalue weighted by Gasteiger charge is -1.95. The highest BCUT2D eigenvalue weighted by Gasteiger charge is 2.07. The summed E-state index contributed by atoms with van der Waals surface area (Å²) in [7, 11) is 0. The Morgan fingerprint density at radius 3 is 3.12 bits per heavy atom. The van der Waals surface area contributed by atoms with E-state index >= 15 is 0 Å². The summed E-state index contributed by atoms with van der Waals surface area (Å²) in [6, 6.07) is 6.49. The van der Waals surface area contributed by atoms with Crippen LogP contribution in [-0.2, 0) is 0 Å². The molecule has 0 radical (unpaired) electrons. The summed E-state index contributed by atoms with van der Waals surface area (Å²) in [6.07, 6.45) is 0. The molecule has 1 heterocycles. The normalized spacial score (nSPS) is 9.53. The third kappa shape index (κ3) is 3.02. The number of halogens is 1. The van der Waals surface area contributed by atoms with E-state index in [1.807, 2.05) is 0 Å². The minimum absolute atomic E-state index is 0.260.